The molecule has 0 spiro atoms. The second-order valence-corrected chi connectivity index (χ2v) is 5.32. The second kappa shape index (κ2) is 3.81. The van der Waals surface area contributed by atoms with Crippen LogP contribution in [0.1, 0.15) is 11.1 Å². The molecule has 0 aliphatic carbocycles. The van der Waals surface area contributed by atoms with Crippen molar-refractivity contribution in [2.75, 3.05) is 11.6 Å². The summed E-state index contributed by atoms with van der Waals surface area (Å²) in [6.07, 6.45) is -2.88. The highest BCUT2D eigenvalue weighted by atomic mass is 35.5. The van der Waals surface area contributed by atoms with Gasteiger partial charge in [-0.3, -0.25) is 4.79 Å². The van der Waals surface area contributed by atoms with E-state index in [9.17, 15) is 18.0 Å². The number of thioether (sulfide) groups is 1. The molecule has 1 aromatic rings. The Morgan fingerprint density at radius 1 is 1.41 bits per heavy atom. The van der Waals surface area contributed by atoms with E-state index in [1.54, 1.807) is 6.26 Å². The third-order valence-electron chi connectivity index (χ3n) is 2.51. The Balaban J connectivity index is 2.57. The first-order chi connectivity index (χ1) is 7.79. The van der Waals surface area contributed by atoms with E-state index in [1.807, 2.05) is 0 Å². The largest absolute Gasteiger partial charge is 0.416 e. The van der Waals surface area contributed by atoms with Crippen LogP contribution in [0.4, 0.5) is 18.9 Å². The van der Waals surface area contributed by atoms with E-state index >= 15 is 0 Å². The second-order valence-electron chi connectivity index (χ2n) is 3.51. The van der Waals surface area contributed by atoms with Crippen molar-refractivity contribution in [1.82, 2.24) is 0 Å². The summed E-state index contributed by atoms with van der Waals surface area (Å²) in [5.41, 5.74) is -0.328. The molecule has 1 N–H and O–H groups in total. The van der Waals surface area contributed by atoms with Crippen LogP contribution in [0.5, 0.6) is 0 Å². The zero-order valence-electron chi connectivity index (χ0n) is 8.56. The summed E-state index contributed by atoms with van der Waals surface area (Å²) >= 11 is 7.03. The van der Waals surface area contributed by atoms with Crippen LogP contribution >= 0.6 is 23.4 Å². The van der Waals surface area contributed by atoms with Gasteiger partial charge in [0.25, 0.3) is 5.91 Å². The van der Waals surface area contributed by atoms with Crippen LogP contribution in [-0.4, -0.2) is 12.2 Å². The number of halogens is 4. The molecule has 1 amide bonds. The molecule has 0 saturated heterocycles. The number of benzene rings is 1. The first-order valence-electron chi connectivity index (χ1n) is 4.56. The molecule has 1 aliphatic rings. The van der Waals surface area contributed by atoms with E-state index in [2.05, 4.69) is 5.32 Å². The van der Waals surface area contributed by atoms with Gasteiger partial charge in [0, 0.05) is 11.3 Å². The first-order valence-corrected chi connectivity index (χ1v) is 6.16. The summed E-state index contributed by atoms with van der Waals surface area (Å²) in [5, 5.41) is 2.46. The van der Waals surface area contributed by atoms with E-state index in [4.69, 9.17) is 11.6 Å². The Morgan fingerprint density at radius 2 is 2.06 bits per heavy atom. The van der Waals surface area contributed by atoms with Crippen molar-refractivity contribution in [2.24, 2.45) is 0 Å². The number of nitrogens with one attached hydrogen (secondary N) is 1. The van der Waals surface area contributed by atoms with E-state index in [1.165, 1.54) is 6.07 Å². The molecule has 1 aromatic carbocycles. The smallest absolute Gasteiger partial charge is 0.323 e. The summed E-state index contributed by atoms with van der Waals surface area (Å²) in [4.78, 5) is 11.6. The van der Waals surface area contributed by atoms with Gasteiger partial charge >= 0.3 is 6.18 Å². The maximum absolute atomic E-state index is 12.6. The summed E-state index contributed by atoms with van der Waals surface area (Å²) in [5.74, 6) is -0.513. The first kappa shape index (κ1) is 12.6. The SMILES string of the molecule is CSC1(Cl)C(=O)Nc2ccc(C(F)(F)F)cc21. The monoisotopic (exact) mass is 281 g/mol. The standard InChI is InChI=1S/C10H7ClF3NOS/c1-17-9(11)6-4-5(10(12,13)14)2-3-7(6)15-8(9)16/h2-4H,1H3,(H,15,16). The van der Waals surface area contributed by atoms with Gasteiger partial charge in [-0.25, -0.2) is 0 Å². The topological polar surface area (TPSA) is 29.1 Å². The Bertz CT molecular complexity index is 491. The van der Waals surface area contributed by atoms with Gasteiger partial charge in [0.15, 0.2) is 4.21 Å². The molecule has 1 heterocycles. The zero-order chi connectivity index (χ0) is 12.8. The fourth-order valence-corrected chi connectivity index (χ4v) is 2.45. The number of alkyl halides is 4. The molecule has 0 radical (unpaired) electrons. The molecule has 92 valence electrons. The number of hydrogen-bond donors (Lipinski definition) is 1. The van der Waals surface area contributed by atoms with E-state index in [0.717, 1.165) is 23.9 Å². The van der Waals surface area contributed by atoms with Crippen molar-refractivity contribution < 1.29 is 18.0 Å². The highest BCUT2D eigenvalue weighted by Gasteiger charge is 2.46. The molecule has 7 heteroatoms. The van der Waals surface area contributed by atoms with Gasteiger partial charge in [0.05, 0.1) is 5.56 Å². The van der Waals surface area contributed by atoms with Crippen molar-refractivity contribution in [3.8, 4) is 0 Å². The minimum Gasteiger partial charge on any atom is -0.323 e. The highest BCUT2D eigenvalue weighted by molar-refractivity contribution is 8.01. The Labute approximate surface area is 105 Å². The lowest BCUT2D eigenvalue weighted by Gasteiger charge is -2.17. The van der Waals surface area contributed by atoms with Crippen molar-refractivity contribution in [2.45, 2.75) is 10.4 Å². The van der Waals surface area contributed by atoms with Gasteiger partial charge in [-0.15, -0.1) is 11.8 Å². The maximum Gasteiger partial charge on any atom is 0.416 e. The fraction of sp³-hybridized carbons (Fsp3) is 0.300. The summed E-state index contributed by atoms with van der Waals surface area (Å²) in [7, 11) is 0. The molecule has 0 aromatic heterocycles. The minimum absolute atomic E-state index is 0.159. The Kier molecular flexibility index (Phi) is 2.82. The number of hydrogen-bond acceptors (Lipinski definition) is 2. The Hall–Kier alpha value is -0.880. The van der Waals surface area contributed by atoms with Crippen molar-refractivity contribution in [3.63, 3.8) is 0 Å². The van der Waals surface area contributed by atoms with Gasteiger partial charge in [-0.2, -0.15) is 13.2 Å². The molecule has 1 atom stereocenters. The number of carbonyl (C=O) groups is 1. The predicted molar refractivity (Wildman–Crippen MR) is 61.1 cm³/mol. The van der Waals surface area contributed by atoms with Gasteiger partial charge in [0.1, 0.15) is 0 Å². The molecule has 2 nitrogen and oxygen atoms in total. The predicted octanol–water partition coefficient (Wildman–Crippen LogP) is 3.41. The van der Waals surface area contributed by atoms with Crippen molar-refractivity contribution >= 4 is 35.0 Å². The molecule has 0 saturated carbocycles. The lowest BCUT2D eigenvalue weighted by molar-refractivity contribution is -0.137. The molecule has 1 aliphatic heterocycles. The summed E-state index contributed by atoms with van der Waals surface area (Å²) < 4.78 is 36.2. The van der Waals surface area contributed by atoms with E-state index < -0.39 is 21.9 Å². The van der Waals surface area contributed by atoms with Crippen LogP contribution in [0.25, 0.3) is 0 Å². The molecular weight excluding hydrogens is 275 g/mol. The molecule has 17 heavy (non-hydrogen) atoms. The van der Waals surface area contributed by atoms with Crippen molar-refractivity contribution in [3.05, 3.63) is 29.3 Å². The fourth-order valence-electron chi connectivity index (χ4n) is 1.62. The lowest BCUT2D eigenvalue weighted by Crippen LogP contribution is -2.24. The maximum atomic E-state index is 12.6. The Morgan fingerprint density at radius 3 is 2.59 bits per heavy atom. The van der Waals surface area contributed by atoms with Gasteiger partial charge in [-0.1, -0.05) is 11.6 Å². The molecular formula is C10H7ClF3NOS. The van der Waals surface area contributed by atoms with Crippen LogP contribution in [0.3, 0.4) is 0 Å². The molecule has 1 unspecified atom stereocenters. The number of amides is 1. The van der Waals surface area contributed by atoms with Crippen molar-refractivity contribution in [1.29, 1.82) is 0 Å². The quantitative estimate of drug-likeness (QED) is 0.799. The number of fused-ring (bicyclic) bond motifs is 1. The number of rotatable bonds is 1. The minimum atomic E-state index is -4.45. The normalized spacial score (nSPS) is 23.5. The lowest BCUT2D eigenvalue weighted by atomic mass is 10.1. The summed E-state index contributed by atoms with van der Waals surface area (Å²) in [6, 6.07) is 3.05. The average Bonchev–Trinajstić information content (AvgIpc) is 2.50. The van der Waals surface area contributed by atoms with E-state index in [0.29, 0.717) is 5.69 Å². The van der Waals surface area contributed by atoms with Crippen LogP contribution < -0.4 is 5.32 Å². The van der Waals surface area contributed by atoms with Gasteiger partial charge in [-0.05, 0) is 24.5 Å². The average molecular weight is 282 g/mol. The molecule has 0 fully saturated rings. The van der Waals surface area contributed by atoms with Crippen LogP contribution in [-0.2, 0) is 15.2 Å². The number of anilines is 1. The molecule has 0 bridgehead atoms. The van der Waals surface area contributed by atoms with Crippen LogP contribution in [0.2, 0.25) is 0 Å². The molecule has 2 rings (SSSR count). The third-order valence-corrected chi connectivity index (χ3v) is 4.32. The number of carbonyl (C=O) groups excluding carboxylic acids is 1. The van der Waals surface area contributed by atoms with Gasteiger partial charge in [0.2, 0.25) is 0 Å². The van der Waals surface area contributed by atoms with Gasteiger partial charge < -0.3 is 5.32 Å². The van der Waals surface area contributed by atoms with E-state index in [-0.39, 0.29) is 5.56 Å². The van der Waals surface area contributed by atoms with Crippen LogP contribution in [0.15, 0.2) is 18.2 Å². The van der Waals surface area contributed by atoms with Crippen LogP contribution in [0, 0.1) is 0 Å². The highest BCUT2D eigenvalue weighted by Crippen LogP contribution is 2.49. The summed E-state index contributed by atoms with van der Waals surface area (Å²) in [6.45, 7) is 0. The third kappa shape index (κ3) is 1.89. The zero-order valence-corrected chi connectivity index (χ0v) is 10.1.